The Morgan fingerprint density at radius 2 is 1.70 bits per heavy atom. The minimum absolute atomic E-state index is 0.114. The van der Waals surface area contributed by atoms with Gasteiger partial charge in [-0.05, 0) is 31.4 Å². The van der Waals surface area contributed by atoms with E-state index < -0.39 is 0 Å². The SMILES string of the molecule is O=C(C1CCCN1c1nnc(N2CCCC2=O)s1)N1CCN(c2ccccc2)CC1. The van der Waals surface area contributed by atoms with Crippen LogP contribution in [0.25, 0.3) is 0 Å². The number of piperazine rings is 1. The minimum Gasteiger partial charge on any atom is -0.368 e. The normalized spacial score (nSPS) is 22.3. The van der Waals surface area contributed by atoms with Gasteiger partial charge in [0, 0.05) is 51.4 Å². The molecule has 4 heterocycles. The molecule has 3 fully saturated rings. The first-order valence-corrected chi connectivity index (χ1v) is 11.5. The van der Waals surface area contributed by atoms with Gasteiger partial charge >= 0.3 is 0 Å². The van der Waals surface area contributed by atoms with E-state index in [1.165, 1.54) is 17.0 Å². The quantitative estimate of drug-likeness (QED) is 0.745. The summed E-state index contributed by atoms with van der Waals surface area (Å²) in [6, 6.07) is 10.2. The summed E-state index contributed by atoms with van der Waals surface area (Å²) < 4.78 is 0. The molecule has 1 unspecified atom stereocenters. The van der Waals surface area contributed by atoms with Crippen molar-refractivity contribution in [3.8, 4) is 0 Å². The molecule has 0 spiro atoms. The Bertz CT molecular complexity index is 911. The van der Waals surface area contributed by atoms with Crippen LogP contribution in [-0.2, 0) is 9.59 Å². The van der Waals surface area contributed by atoms with Crippen LogP contribution in [0.15, 0.2) is 30.3 Å². The lowest BCUT2D eigenvalue weighted by atomic mass is 10.1. The monoisotopic (exact) mass is 426 g/mol. The number of hydrogen-bond acceptors (Lipinski definition) is 7. The van der Waals surface area contributed by atoms with Crippen LogP contribution in [0.4, 0.5) is 16.0 Å². The summed E-state index contributed by atoms with van der Waals surface area (Å²) in [4.78, 5) is 33.4. The van der Waals surface area contributed by atoms with Gasteiger partial charge in [0.15, 0.2) is 0 Å². The zero-order chi connectivity index (χ0) is 20.5. The van der Waals surface area contributed by atoms with Gasteiger partial charge in [0.2, 0.25) is 22.1 Å². The maximum absolute atomic E-state index is 13.3. The number of hydrogen-bond donors (Lipinski definition) is 0. The molecule has 3 aliphatic rings. The van der Waals surface area contributed by atoms with Crippen molar-refractivity contribution in [1.29, 1.82) is 0 Å². The van der Waals surface area contributed by atoms with Crippen LogP contribution in [0, 0.1) is 0 Å². The lowest BCUT2D eigenvalue weighted by molar-refractivity contribution is -0.132. The summed E-state index contributed by atoms with van der Waals surface area (Å²) in [5.74, 6) is 0.303. The molecular formula is C21H26N6O2S. The van der Waals surface area contributed by atoms with Crippen molar-refractivity contribution in [2.45, 2.75) is 31.7 Å². The number of carbonyl (C=O) groups excluding carboxylic acids is 2. The Hall–Kier alpha value is -2.68. The number of benzene rings is 1. The Labute approximate surface area is 180 Å². The number of aromatic nitrogens is 2. The second-order valence-corrected chi connectivity index (χ2v) is 8.95. The third-order valence-corrected chi connectivity index (χ3v) is 7.19. The molecule has 5 rings (SSSR count). The number of rotatable bonds is 4. The van der Waals surface area contributed by atoms with Gasteiger partial charge in [-0.2, -0.15) is 0 Å². The van der Waals surface area contributed by atoms with Crippen LogP contribution in [0.3, 0.4) is 0 Å². The van der Waals surface area contributed by atoms with E-state index in [0.717, 1.165) is 57.1 Å². The molecule has 0 aliphatic carbocycles. The molecule has 3 aliphatic heterocycles. The molecule has 1 aromatic carbocycles. The highest BCUT2D eigenvalue weighted by atomic mass is 32.1. The number of para-hydroxylation sites is 1. The molecule has 2 aromatic rings. The first kappa shape index (κ1) is 19.3. The Morgan fingerprint density at radius 3 is 2.43 bits per heavy atom. The van der Waals surface area contributed by atoms with E-state index in [-0.39, 0.29) is 17.9 Å². The van der Waals surface area contributed by atoms with Crippen LogP contribution in [0.5, 0.6) is 0 Å². The molecule has 1 atom stereocenters. The largest absolute Gasteiger partial charge is 0.368 e. The third-order valence-electron chi connectivity index (χ3n) is 6.20. The molecule has 158 valence electrons. The molecule has 30 heavy (non-hydrogen) atoms. The van der Waals surface area contributed by atoms with Crippen molar-refractivity contribution in [2.24, 2.45) is 0 Å². The lowest BCUT2D eigenvalue weighted by Gasteiger charge is -2.38. The minimum atomic E-state index is -0.177. The highest BCUT2D eigenvalue weighted by Gasteiger charge is 2.37. The fourth-order valence-corrected chi connectivity index (χ4v) is 5.54. The summed E-state index contributed by atoms with van der Waals surface area (Å²) in [7, 11) is 0. The fraction of sp³-hybridized carbons (Fsp3) is 0.524. The third kappa shape index (κ3) is 3.62. The van der Waals surface area contributed by atoms with Gasteiger partial charge in [-0.25, -0.2) is 0 Å². The average molecular weight is 427 g/mol. The van der Waals surface area contributed by atoms with Crippen molar-refractivity contribution in [1.82, 2.24) is 15.1 Å². The van der Waals surface area contributed by atoms with E-state index in [2.05, 4.69) is 44.3 Å². The van der Waals surface area contributed by atoms with Crippen LogP contribution >= 0.6 is 11.3 Å². The summed E-state index contributed by atoms with van der Waals surface area (Å²) in [6.45, 7) is 4.69. The van der Waals surface area contributed by atoms with Gasteiger partial charge in [-0.15, -0.1) is 10.2 Å². The van der Waals surface area contributed by atoms with Crippen LogP contribution in [0.2, 0.25) is 0 Å². The molecule has 0 radical (unpaired) electrons. The van der Waals surface area contributed by atoms with Crippen LogP contribution < -0.4 is 14.7 Å². The molecule has 1 aromatic heterocycles. The Morgan fingerprint density at radius 1 is 0.933 bits per heavy atom. The summed E-state index contributed by atoms with van der Waals surface area (Å²) in [6.07, 6.45) is 3.26. The summed E-state index contributed by atoms with van der Waals surface area (Å²) in [5, 5.41) is 9.98. The van der Waals surface area contributed by atoms with E-state index >= 15 is 0 Å². The van der Waals surface area contributed by atoms with E-state index in [0.29, 0.717) is 18.1 Å². The molecule has 3 saturated heterocycles. The molecule has 0 saturated carbocycles. The van der Waals surface area contributed by atoms with E-state index in [1.807, 2.05) is 11.0 Å². The molecule has 2 amide bonds. The first-order chi connectivity index (χ1) is 14.7. The molecule has 9 heteroatoms. The number of carbonyl (C=O) groups is 2. The first-order valence-electron chi connectivity index (χ1n) is 10.7. The smallest absolute Gasteiger partial charge is 0.245 e. The van der Waals surface area contributed by atoms with Crippen molar-refractivity contribution < 1.29 is 9.59 Å². The standard InChI is InChI=1S/C21H26N6O2S/c28-18-9-5-11-27(18)21-23-22-20(30-21)26-10-4-8-17(26)19(29)25-14-12-24(13-15-25)16-6-2-1-3-7-16/h1-3,6-7,17H,4-5,8-15H2. The van der Waals surface area contributed by atoms with E-state index in [9.17, 15) is 9.59 Å². The van der Waals surface area contributed by atoms with Gasteiger partial charge in [-0.1, -0.05) is 29.5 Å². The maximum Gasteiger partial charge on any atom is 0.245 e. The zero-order valence-corrected chi connectivity index (χ0v) is 17.8. The Balaban J connectivity index is 1.24. The van der Waals surface area contributed by atoms with Crippen LogP contribution in [-0.4, -0.2) is 72.2 Å². The summed E-state index contributed by atoms with van der Waals surface area (Å²) in [5.41, 5.74) is 1.21. The van der Waals surface area contributed by atoms with Crippen molar-refractivity contribution in [3.05, 3.63) is 30.3 Å². The topological polar surface area (TPSA) is 72.9 Å². The van der Waals surface area contributed by atoms with E-state index in [4.69, 9.17) is 0 Å². The average Bonchev–Trinajstić information content (AvgIpc) is 3.54. The highest BCUT2D eigenvalue weighted by molar-refractivity contribution is 7.19. The van der Waals surface area contributed by atoms with Crippen molar-refractivity contribution in [2.75, 3.05) is 54.0 Å². The van der Waals surface area contributed by atoms with Gasteiger partial charge in [0.25, 0.3) is 0 Å². The van der Waals surface area contributed by atoms with Crippen molar-refractivity contribution in [3.63, 3.8) is 0 Å². The lowest BCUT2D eigenvalue weighted by Crippen LogP contribution is -2.53. The molecule has 0 bridgehead atoms. The predicted octanol–water partition coefficient (Wildman–Crippen LogP) is 1.98. The van der Waals surface area contributed by atoms with Crippen LogP contribution in [0.1, 0.15) is 25.7 Å². The predicted molar refractivity (Wildman–Crippen MR) is 117 cm³/mol. The van der Waals surface area contributed by atoms with Gasteiger partial charge in [-0.3, -0.25) is 14.5 Å². The number of nitrogens with zero attached hydrogens (tertiary/aromatic N) is 6. The molecular weight excluding hydrogens is 400 g/mol. The highest BCUT2D eigenvalue weighted by Crippen LogP contribution is 2.34. The second kappa shape index (κ2) is 8.22. The Kier molecular flexibility index (Phi) is 5.28. The number of amides is 2. The second-order valence-electron chi connectivity index (χ2n) is 8.02. The fourth-order valence-electron chi connectivity index (χ4n) is 4.57. The maximum atomic E-state index is 13.3. The molecule has 0 N–H and O–H groups in total. The van der Waals surface area contributed by atoms with Gasteiger partial charge in [0.05, 0.1) is 0 Å². The van der Waals surface area contributed by atoms with Gasteiger partial charge < -0.3 is 14.7 Å². The van der Waals surface area contributed by atoms with Gasteiger partial charge in [0.1, 0.15) is 6.04 Å². The zero-order valence-electron chi connectivity index (χ0n) is 16.9. The van der Waals surface area contributed by atoms with Crippen molar-refractivity contribution >= 4 is 39.1 Å². The summed E-state index contributed by atoms with van der Waals surface area (Å²) >= 11 is 1.43. The molecule has 8 nitrogen and oxygen atoms in total. The number of anilines is 3. The van der Waals surface area contributed by atoms with E-state index in [1.54, 1.807) is 4.90 Å².